The summed E-state index contributed by atoms with van der Waals surface area (Å²) in [7, 11) is 0. The maximum absolute atomic E-state index is 12.3. The molecule has 4 rings (SSSR count). The third-order valence-electron chi connectivity index (χ3n) is 3.91. The maximum Gasteiger partial charge on any atom is 0.267 e. The van der Waals surface area contributed by atoms with Gasteiger partial charge in [-0.2, -0.15) is 0 Å². The van der Waals surface area contributed by atoms with Gasteiger partial charge >= 0.3 is 0 Å². The summed E-state index contributed by atoms with van der Waals surface area (Å²) in [5.74, 6) is 1.22. The number of amides is 1. The van der Waals surface area contributed by atoms with Crippen molar-refractivity contribution in [3.05, 3.63) is 59.2 Å². The zero-order chi connectivity index (χ0) is 16.5. The van der Waals surface area contributed by atoms with Crippen LogP contribution in [0.5, 0.6) is 11.5 Å². The third-order valence-corrected chi connectivity index (χ3v) is 4.22. The van der Waals surface area contributed by atoms with Gasteiger partial charge in [-0.05, 0) is 24.3 Å². The van der Waals surface area contributed by atoms with E-state index in [2.05, 4.69) is 10.3 Å². The van der Waals surface area contributed by atoms with Gasteiger partial charge < -0.3 is 19.8 Å². The Balaban J connectivity index is 1.42. The fraction of sp³-hybridized carbons (Fsp3) is 0.167. The lowest BCUT2D eigenvalue weighted by Crippen LogP contribution is -2.40. The predicted molar refractivity (Wildman–Crippen MR) is 92.0 cm³/mol. The average molecular weight is 343 g/mol. The summed E-state index contributed by atoms with van der Waals surface area (Å²) in [4.78, 5) is 15.4. The minimum absolute atomic E-state index is 0.204. The van der Waals surface area contributed by atoms with E-state index in [0.717, 1.165) is 16.7 Å². The molecular formula is C18H15ClN2O3. The molecule has 24 heavy (non-hydrogen) atoms. The first kappa shape index (κ1) is 14.9. The highest BCUT2D eigenvalue weighted by molar-refractivity contribution is 6.35. The number of H-pyrrole nitrogens is 1. The molecular weight excluding hydrogens is 328 g/mol. The van der Waals surface area contributed by atoms with Gasteiger partial charge in [0.15, 0.2) is 11.5 Å². The second-order valence-corrected chi connectivity index (χ2v) is 6.00. The molecule has 0 saturated carbocycles. The number of aromatic nitrogens is 1. The monoisotopic (exact) mass is 342 g/mol. The molecule has 1 atom stereocenters. The van der Waals surface area contributed by atoms with Gasteiger partial charge in [0.05, 0.1) is 17.1 Å². The number of hydrogen-bond donors (Lipinski definition) is 2. The van der Waals surface area contributed by atoms with E-state index < -0.39 is 0 Å². The average Bonchev–Trinajstić information content (AvgIpc) is 3.05. The standard InChI is InChI=1S/C18H15ClN2O3/c19-13-5-3-4-11-8-14(21-17(11)13)18(22)20-9-12-10-23-15-6-1-2-7-16(15)24-12/h1-8,12,21H,9-10H2,(H,20,22). The SMILES string of the molecule is O=C(NCC1COc2ccccc2O1)c1cc2cccc(Cl)c2[nH]1. The number of hydrogen-bond acceptors (Lipinski definition) is 3. The smallest absolute Gasteiger partial charge is 0.267 e. The number of nitrogens with one attached hydrogen (secondary N) is 2. The summed E-state index contributed by atoms with van der Waals surface area (Å²) in [6.45, 7) is 0.756. The molecule has 2 N–H and O–H groups in total. The fourth-order valence-electron chi connectivity index (χ4n) is 2.71. The first-order valence-electron chi connectivity index (χ1n) is 7.64. The van der Waals surface area contributed by atoms with Crippen LogP contribution in [0, 0.1) is 0 Å². The largest absolute Gasteiger partial charge is 0.486 e. The number of aromatic amines is 1. The minimum Gasteiger partial charge on any atom is -0.486 e. The maximum atomic E-state index is 12.3. The molecule has 0 saturated heterocycles. The van der Waals surface area contributed by atoms with Crippen LogP contribution < -0.4 is 14.8 Å². The highest BCUT2D eigenvalue weighted by Gasteiger charge is 2.21. The van der Waals surface area contributed by atoms with Crippen molar-refractivity contribution in [2.24, 2.45) is 0 Å². The first-order valence-corrected chi connectivity index (χ1v) is 8.02. The number of fused-ring (bicyclic) bond motifs is 2. The molecule has 2 heterocycles. The Labute approximate surface area is 143 Å². The lowest BCUT2D eigenvalue weighted by atomic mass is 10.2. The second kappa shape index (κ2) is 6.09. The van der Waals surface area contributed by atoms with Crippen molar-refractivity contribution in [1.29, 1.82) is 0 Å². The predicted octanol–water partition coefficient (Wildman–Crippen LogP) is 3.39. The molecule has 6 heteroatoms. The van der Waals surface area contributed by atoms with Crippen LogP contribution >= 0.6 is 11.6 Å². The summed E-state index contributed by atoms with van der Waals surface area (Å²) in [6.07, 6.45) is -0.225. The fourth-order valence-corrected chi connectivity index (χ4v) is 2.94. The lowest BCUT2D eigenvalue weighted by Gasteiger charge is -2.26. The Morgan fingerprint density at radius 1 is 1.21 bits per heavy atom. The van der Waals surface area contributed by atoms with Crippen molar-refractivity contribution in [2.45, 2.75) is 6.10 Å². The van der Waals surface area contributed by atoms with E-state index in [-0.39, 0.29) is 12.0 Å². The topological polar surface area (TPSA) is 63.4 Å². The molecule has 3 aromatic rings. The van der Waals surface area contributed by atoms with E-state index in [1.165, 1.54) is 0 Å². The van der Waals surface area contributed by atoms with Crippen LogP contribution in [-0.2, 0) is 0 Å². The van der Waals surface area contributed by atoms with Crippen LogP contribution in [-0.4, -0.2) is 30.1 Å². The van der Waals surface area contributed by atoms with Gasteiger partial charge in [-0.3, -0.25) is 4.79 Å². The molecule has 2 aromatic carbocycles. The molecule has 1 aromatic heterocycles. The second-order valence-electron chi connectivity index (χ2n) is 5.59. The van der Waals surface area contributed by atoms with Crippen molar-refractivity contribution in [1.82, 2.24) is 10.3 Å². The Kier molecular flexibility index (Phi) is 3.78. The molecule has 1 aliphatic heterocycles. The van der Waals surface area contributed by atoms with E-state index in [0.29, 0.717) is 29.6 Å². The Bertz CT molecular complexity index is 906. The van der Waals surface area contributed by atoms with E-state index >= 15 is 0 Å². The molecule has 0 aliphatic carbocycles. The van der Waals surface area contributed by atoms with Gasteiger partial charge in [0.2, 0.25) is 0 Å². The van der Waals surface area contributed by atoms with Crippen LogP contribution in [0.1, 0.15) is 10.5 Å². The van der Waals surface area contributed by atoms with Gasteiger partial charge in [0.1, 0.15) is 18.4 Å². The van der Waals surface area contributed by atoms with E-state index in [1.54, 1.807) is 12.1 Å². The summed E-state index contributed by atoms with van der Waals surface area (Å²) >= 11 is 6.12. The van der Waals surface area contributed by atoms with Gasteiger partial charge in [0.25, 0.3) is 5.91 Å². The summed E-state index contributed by atoms with van der Waals surface area (Å²) in [6, 6.07) is 14.8. The summed E-state index contributed by atoms with van der Waals surface area (Å²) in [5.41, 5.74) is 1.23. The number of rotatable bonds is 3. The normalized spacial score (nSPS) is 16.1. The zero-order valence-corrected chi connectivity index (χ0v) is 13.5. The number of halogens is 1. The van der Waals surface area contributed by atoms with Crippen LogP contribution in [0.4, 0.5) is 0 Å². The van der Waals surface area contributed by atoms with Gasteiger partial charge in [-0.1, -0.05) is 35.9 Å². The molecule has 0 bridgehead atoms. The number of carbonyl (C=O) groups excluding carboxylic acids is 1. The summed E-state index contributed by atoms with van der Waals surface area (Å²) < 4.78 is 11.5. The highest BCUT2D eigenvalue weighted by atomic mass is 35.5. The number of benzene rings is 2. The highest BCUT2D eigenvalue weighted by Crippen LogP contribution is 2.30. The molecule has 122 valence electrons. The Morgan fingerprint density at radius 3 is 2.88 bits per heavy atom. The number of carbonyl (C=O) groups is 1. The van der Waals surface area contributed by atoms with Crippen LogP contribution in [0.25, 0.3) is 10.9 Å². The molecule has 1 amide bonds. The third kappa shape index (κ3) is 2.78. The van der Waals surface area contributed by atoms with Gasteiger partial charge in [-0.25, -0.2) is 0 Å². The van der Waals surface area contributed by atoms with Crippen molar-refractivity contribution in [3.63, 3.8) is 0 Å². The Morgan fingerprint density at radius 2 is 2.04 bits per heavy atom. The number of ether oxygens (including phenoxy) is 2. The molecule has 0 radical (unpaired) electrons. The van der Waals surface area contributed by atoms with E-state index in [4.69, 9.17) is 21.1 Å². The number of para-hydroxylation sites is 3. The van der Waals surface area contributed by atoms with E-state index in [1.807, 2.05) is 36.4 Å². The first-order chi connectivity index (χ1) is 11.7. The molecule has 0 spiro atoms. The van der Waals surface area contributed by atoms with Gasteiger partial charge in [0, 0.05) is 5.39 Å². The van der Waals surface area contributed by atoms with Crippen LogP contribution in [0.15, 0.2) is 48.5 Å². The zero-order valence-electron chi connectivity index (χ0n) is 12.7. The lowest BCUT2D eigenvalue weighted by molar-refractivity contribution is 0.0787. The quantitative estimate of drug-likeness (QED) is 0.767. The minimum atomic E-state index is -0.225. The molecule has 1 aliphatic rings. The summed E-state index contributed by atoms with van der Waals surface area (Å²) in [5, 5.41) is 4.35. The van der Waals surface area contributed by atoms with Crippen molar-refractivity contribution >= 4 is 28.4 Å². The molecule has 1 unspecified atom stereocenters. The van der Waals surface area contributed by atoms with Gasteiger partial charge in [-0.15, -0.1) is 0 Å². The molecule has 5 nitrogen and oxygen atoms in total. The van der Waals surface area contributed by atoms with Crippen LogP contribution in [0.3, 0.4) is 0 Å². The Hall–Kier alpha value is -2.66. The van der Waals surface area contributed by atoms with E-state index in [9.17, 15) is 4.79 Å². The molecule has 0 fully saturated rings. The van der Waals surface area contributed by atoms with Crippen molar-refractivity contribution < 1.29 is 14.3 Å². The van der Waals surface area contributed by atoms with Crippen molar-refractivity contribution in [2.75, 3.05) is 13.2 Å². The van der Waals surface area contributed by atoms with Crippen LogP contribution in [0.2, 0.25) is 5.02 Å². The van der Waals surface area contributed by atoms with Crippen molar-refractivity contribution in [3.8, 4) is 11.5 Å².